The molecule has 0 saturated heterocycles. The number of hydrogen-bond acceptors (Lipinski definition) is 4. The van der Waals surface area contributed by atoms with Gasteiger partial charge in [-0.05, 0) is 24.1 Å². The number of hydrogen-bond donors (Lipinski definition) is 2. The summed E-state index contributed by atoms with van der Waals surface area (Å²) in [6.45, 7) is 3.28. The summed E-state index contributed by atoms with van der Waals surface area (Å²) in [5.74, 6) is -1.75. The van der Waals surface area contributed by atoms with Gasteiger partial charge >= 0.3 is 5.97 Å². The number of halogens is 1. The van der Waals surface area contributed by atoms with E-state index < -0.39 is 24.0 Å². The highest BCUT2D eigenvalue weighted by atomic mass is 19.1. The zero-order valence-electron chi connectivity index (χ0n) is 14.8. The minimum Gasteiger partial charge on any atom is -0.467 e. The number of carbonyl (C=O) groups excluding carboxylic acids is 3. The van der Waals surface area contributed by atoms with Crippen molar-refractivity contribution in [3.05, 3.63) is 35.6 Å². The third-order valence-electron chi connectivity index (χ3n) is 3.70. The summed E-state index contributed by atoms with van der Waals surface area (Å²) < 4.78 is 17.7. The van der Waals surface area contributed by atoms with Crippen LogP contribution in [-0.4, -0.2) is 37.0 Å². The first-order valence-electron chi connectivity index (χ1n) is 8.27. The molecule has 0 unspecified atom stereocenters. The van der Waals surface area contributed by atoms with Gasteiger partial charge in [-0.25, -0.2) is 9.18 Å². The molecule has 2 amide bonds. The molecular weight excluding hydrogens is 327 g/mol. The smallest absolute Gasteiger partial charge is 0.328 e. The van der Waals surface area contributed by atoms with E-state index in [4.69, 9.17) is 4.74 Å². The molecule has 0 heterocycles. The quantitative estimate of drug-likeness (QED) is 0.663. The van der Waals surface area contributed by atoms with Gasteiger partial charge in [0.15, 0.2) is 0 Å². The number of carbonyl (C=O) groups is 3. The molecule has 0 aliphatic heterocycles. The third kappa shape index (κ3) is 7.32. The van der Waals surface area contributed by atoms with Crippen molar-refractivity contribution in [2.75, 3.05) is 7.11 Å². The lowest BCUT2D eigenvalue weighted by atomic mass is 10.0. The first-order valence-corrected chi connectivity index (χ1v) is 8.27. The minimum atomic E-state index is -0.864. The Morgan fingerprint density at radius 2 is 1.76 bits per heavy atom. The van der Waals surface area contributed by atoms with Gasteiger partial charge in [0.1, 0.15) is 17.9 Å². The second kappa shape index (κ2) is 10.4. The SMILES string of the molecule is CCCC[C@H](NC(=O)[C@@H](Cc1ccc(F)cc1)NC(C)=O)C(=O)OC. The molecule has 0 bridgehead atoms. The normalized spacial score (nSPS) is 12.8. The van der Waals surface area contributed by atoms with Crippen LogP contribution < -0.4 is 10.6 Å². The highest BCUT2D eigenvalue weighted by Gasteiger charge is 2.26. The molecule has 25 heavy (non-hydrogen) atoms. The second-order valence-electron chi connectivity index (χ2n) is 5.81. The van der Waals surface area contributed by atoms with E-state index in [0.29, 0.717) is 12.0 Å². The number of benzene rings is 1. The van der Waals surface area contributed by atoms with Gasteiger partial charge < -0.3 is 15.4 Å². The average molecular weight is 352 g/mol. The van der Waals surface area contributed by atoms with Crippen LogP contribution in [0.4, 0.5) is 4.39 Å². The minimum absolute atomic E-state index is 0.188. The molecule has 138 valence electrons. The molecule has 0 spiro atoms. The van der Waals surface area contributed by atoms with Crippen LogP contribution in [0, 0.1) is 5.82 Å². The zero-order chi connectivity index (χ0) is 18.8. The lowest BCUT2D eigenvalue weighted by Crippen LogP contribution is -2.52. The summed E-state index contributed by atoms with van der Waals surface area (Å²) in [4.78, 5) is 35.8. The zero-order valence-corrected chi connectivity index (χ0v) is 14.8. The molecule has 0 aromatic heterocycles. The average Bonchev–Trinajstić information content (AvgIpc) is 2.58. The Morgan fingerprint density at radius 3 is 2.28 bits per heavy atom. The molecule has 0 saturated carbocycles. The van der Waals surface area contributed by atoms with Crippen LogP contribution in [0.2, 0.25) is 0 Å². The van der Waals surface area contributed by atoms with Crippen LogP contribution in [-0.2, 0) is 25.5 Å². The number of ether oxygens (including phenoxy) is 1. The largest absolute Gasteiger partial charge is 0.467 e. The van der Waals surface area contributed by atoms with E-state index >= 15 is 0 Å². The first-order chi connectivity index (χ1) is 11.9. The second-order valence-corrected chi connectivity index (χ2v) is 5.81. The molecule has 0 aliphatic rings. The highest BCUT2D eigenvalue weighted by molar-refractivity contribution is 5.90. The van der Waals surface area contributed by atoms with Crippen molar-refractivity contribution in [3.63, 3.8) is 0 Å². The monoisotopic (exact) mass is 352 g/mol. The van der Waals surface area contributed by atoms with E-state index in [9.17, 15) is 18.8 Å². The van der Waals surface area contributed by atoms with Gasteiger partial charge in [0, 0.05) is 13.3 Å². The van der Waals surface area contributed by atoms with E-state index in [0.717, 1.165) is 12.8 Å². The molecule has 7 heteroatoms. The highest BCUT2D eigenvalue weighted by Crippen LogP contribution is 2.08. The summed E-state index contributed by atoms with van der Waals surface area (Å²) in [5, 5.41) is 5.20. The van der Waals surface area contributed by atoms with Crippen LogP contribution in [0.1, 0.15) is 38.7 Å². The number of rotatable bonds is 9. The fraction of sp³-hybridized carbons (Fsp3) is 0.500. The topological polar surface area (TPSA) is 84.5 Å². The van der Waals surface area contributed by atoms with Crippen LogP contribution in [0.15, 0.2) is 24.3 Å². The molecule has 2 N–H and O–H groups in total. The Morgan fingerprint density at radius 1 is 1.12 bits per heavy atom. The summed E-state index contributed by atoms with van der Waals surface area (Å²) in [7, 11) is 1.26. The van der Waals surface area contributed by atoms with Crippen molar-refractivity contribution >= 4 is 17.8 Å². The van der Waals surface area contributed by atoms with Gasteiger partial charge in [-0.2, -0.15) is 0 Å². The molecule has 1 aromatic carbocycles. The fourth-order valence-corrected chi connectivity index (χ4v) is 2.38. The van der Waals surface area contributed by atoms with Crippen molar-refractivity contribution in [1.82, 2.24) is 10.6 Å². The Kier molecular flexibility index (Phi) is 8.60. The van der Waals surface area contributed by atoms with Crippen LogP contribution >= 0.6 is 0 Å². The predicted molar refractivity (Wildman–Crippen MR) is 91.2 cm³/mol. The van der Waals surface area contributed by atoms with Crippen molar-refractivity contribution in [1.29, 1.82) is 0 Å². The van der Waals surface area contributed by atoms with E-state index in [1.54, 1.807) is 12.1 Å². The van der Waals surface area contributed by atoms with Gasteiger partial charge in [0.05, 0.1) is 7.11 Å². The number of amides is 2. The van der Waals surface area contributed by atoms with E-state index in [1.807, 2.05) is 6.92 Å². The van der Waals surface area contributed by atoms with Gasteiger partial charge in [-0.1, -0.05) is 31.9 Å². The van der Waals surface area contributed by atoms with Crippen LogP contribution in [0.3, 0.4) is 0 Å². The number of methoxy groups -OCH3 is 1. The van der Waals surface area contributed by atoms with Gasteiger partial charge in [0.25, 0.3) is 0 Å². The maximum atomic E-state index is 13.0. The molecule has 1 aromatic rings. The van der Waals surface area contributed by atoms with Crippen LogP contribution in [0.5, 0.6) is 0 Å². The first kappa shape index (κ1) is 20.6. The third-order valence-corrected chi connectivity index (χ3v) is 3.70. The lowest BCUT2D eigenvalue weighted by molar-refractivity contribution is -0.145. The molecule has 0 radical (unpaired) electrons. The maximum absolute atomic E-state index is 13.0. The summed E-state index contributed by atoms with van der Waals surface area (Å²) >= 11 is 0. The molecule has 0 aliphatic carbocycles. The standard InChI is InChI=1S/C18H25FN2O4/c1-4-5-6-15(18(24)25-3)21-17(23)16(20-12(2)22)11-13-7-9-14(19)10-8-13/h7-10,15-16H,4-6,11H2,1-3H3,(H,20,22)(H,21,23)/t15-,16+/m0/s1. The fourth-order valence-electron chi connectivity index (χ4n) is 2.38. The molecular formula is C18H25FN2O4. The van der Waals surface area contributed by atoms with Crippen molar-refractivity contribution in [2.45, 2.75) is 51.6 Å². The van der Waals surface area contributed by atoms with E-state index in [-0.39, 0.29) is 18.1 Å². The Labute approximate surface area is 147 Å². The van der Waals surface area contributed by atoms with Crippen molar-refractivity contribution < 1.29 is 23.5 Å². The number of nitrogens with one attached hydrogen (secondary N) is 2. The number of unbranched alkanes of at least 4 members (excludes halogenated alkanes) is 1. The Balaban J connectivity index is 2.84. The molecule has 0 fully saturated rings. The van der Waals surface area contributed by atoms with E-state index in [2.05, 4.69) is 10.6 Å². The lowest BCUT2D eigenvalue weighted by Gasteiger charge is -2.22. The molecule has 2 atom stereocenters. The summed E-state index contributed by atoms with van der Waals surface area (Å²) in [5.41, 5.74) is 0.693. The van der Waals surface area contributed by atoms with Gasteiger partial charge in [-0.15, -0.1) is 0 Å². The van der Waals surface area contributed by atoms with Gasteiger partial charge in [0.2, 0.25) is 11.8 Å². The Bertz CT molecular complexity index is 589. The molecule has 6 nitrogen and oxygen atoms in total. The summed E-state index contributed by atoms with van der Waals surface area (Å²) in [6.07, 6.45) is 2.27. The predicted octanol–water partition coefficient (Wildman–Crippen LogP) is 1.72. The Hall–Kier alpha value is -2.44. The number of esters is 1. The van der Waals surface area contributed by atoms with Gasteiger partial charge in [-0.3, -0.25) is 9.59 Å². The van der Waals surface area contributed by atoms with Crippen molar-refractivity contribution in [3.8, 4) is 0 Å². The summed E-state index contributed by atoms with van der Waals surface area (Å²) in [6, 6.07) is 4.05. The van der Waals surface area contributed by atoms with E-state index in [1.165, 1.54) is 26.2 Å². The molecule has 1 rings (SSSR count). The maximum Gasteiger partial charge on any atom is 0.328 e. The van der Waals surface area contributed by atoms with Crippen LogP contribution in [0.25, 0.3) is 0 Å². The van der Waals surface area contributed by atoms with Crippen molar-refractivity contribution in [2.24, 2.45) is 0 Å².